The number of carbonyl (C=O) groups is 1. The summed E-state index contributed by atoms with van der Waals surface area (Å²) in [6.07, 6.45) is 5.03. The van der Waals surface area contributed by atoms with Crippen molar-refractivity contribution in [3.05, 3.63) is 52.3 Å². The second kappa shape index (κ2) is 9.36. The summed E-state index contributed by atoms with van der Waals surface area (Å²) < 4.78 is 3.00. The lowest BCUT2D eigenvalue weighted by atomic mass is 10.1. The van der Waals surface area contributed by atoms with E-state index in [0.717, 1.165) is 36.8 Å². The lowest BCUT2D eigenvalue weighted by Gasteiger charge is -2.23. The van der Waals surface area contributed by atoms with Gasteiger partial charge in [0.15, 0.2) is 0 Å². The maximum Gasteiger partial charge on any atom is 0.274 e. The van der Waals surface area contributed by atoms with E-state index in [1.165, 1.54) is 5.56 Å². The van der Waals surface area contributed by atoms with E-state index >= 15 is 0 Å². The highest BCUT2D eigenvalue weighted by molar-refractivity contribution is 9.10. The molecule has 1 N–H and O–H groups in total. The maximum absolute atomic E-state index is 12.5. The van der Waals surface area contributed by atoms with E-state index in [1.807, 2.05) is 36.1 Å². The van der Waals surface area contributed by atoms with Crippen LogP contribution in [0.2, 0.25) is 0 Å². The molecule has 136 valence electrons. The summed E-state index contributed by atoms with van der Waals surface area (Å²) in [5.74, 6) is -0.0189. The lowest BCUT2D eigenvalue weighted by molar-refractivity contribution is 0.0789. The minimum atomic E-state index is -0.0189. The van der Waals surface area contributed by atoms with Gasteiger partial charge in [0.1, 0.15) is 5.69 Å². The number of likely N-dealkylation sites (N-methyl/N-ethyl adjacent to an activating group) is 1. The molecule has 0 radical (unpaired) electrons. The quantitative estimate of drug-likeness (QED) is 0.796. The number of hydrogen-bond acceptors (Lipinski definition) is 3. The third-order valence-corrected chi connectivity index (χ3v) is 5.00. The highest BCUT2D eigenvalue weighted by Gasteiger charge is 2.19. The van der Waals surface area contributed by atoms with Gasteiger partial charge in [-0.3, -0.25) is 9.48 Å². The lowest BCUT2D eigenvalue weighted by Crippen LogP contribution is -2.32. The number of benzene rings is 1. The van der Waals surface area contributed by atoms with Crippen LogP contribution in [0, 0.1) is 0 Å². The maximum atomic E-state index is 12.5. The van der Waals surface area contributed by atoms with E-state index < -0.39 is 0 Å². The van der Waals surface area contributed by atoms with Crippen LogP contribution in [0.4, 0.5) is 0 Å². The monoisotopic (exact) mass is 426 g/mol. The highest BCUT2D eigenvalue weighted by Crippen LogP contribution is 2.16. The second-order valence-corrected chi connectivity index (χ2v) is 7.20. The fourth-order valence-corrected chi connectivity index (χ4v) is 3.22. The van der Waals surface area contributed by atoms with E-state index in [9.17, 15) is 4.79 Å². The molecule has 1 amide bonds. The molecular formula is C18H24BrClN4O. The van der Waals surface area contributed by atoms with E-state index in [2.05, 4.69) is 38.5 Å². The van der Waals surface area contributed by atoms with Crippen LogP contribution >= 0.6 is 28.3 Å². The summed E-state index contributed by atoms with van der Waals surface area (Å²) in [7, 11) is 1.84. The zero-order chi connectivity index (χ0) is 16.9. The van der Waals surface area contributed by atoms with Gasteiger partial charge in [-0.05, 0) is 49.6 Å². The Morgan fingerprint density at radius 1 is 1.36 bits per heavy atom. The molecule has 1 atom stereocenters. The van der Waals surface area contributed by atoms with Gasteiger partial charge in [0.25, 0.3) is 5.91 Å². The summed E-state index contributed by atoms with van der Waals surface area (Å²) in [6.45, 7) is 2.68. The molecule has 3 rings (SSSR count). The summed E-state index contributed by atoms with van der Waals surface area (Å²) in [4.78, 5) is 14.3. The SMILES string of the molecule is CN(CCc1ccc(Br)cc1)C(=O)c1ccn(C2CCCNC2)n1.Cl. The van der Waals surface area contributed by atoms with Gasteiger partial charge >= 0.3 is 0 Å². The molecule has 1 aliphatic heterocycles. The van der Waals surface area contributed by atoms with Gasteiger partial charge in [0.05, 0.1) is 6.04 Å². The molecule has 1 aliphatic rings. The Morgan fingerprint density at radius 3 is 2.80 bits per heavy atom. The number of halogens is 2. The Labute approximate surface area is 163 Å². The molecule has 1 aromatic carbocycles. The van der Waals surface area contributed by atoms with Crippen LogP contribution in [0.5, 0.6) is 0 Å². The first kappa shape index (κ1) is 19.9. The standard InChI is InChI=1S/C18H23BrN4O.ClH/c1-22(11-8-14-4-6-15(19)7-5-14)18(24)17-9-12-23(21-17)16-3-2-10-20-13-16;/h4-7,9,12,16,20H,2-3,8,10-11,13H2,1H3;1H. The first-order valence-electron chi connectivity index (χ1n) is 8.39. The predicted octanol–water partition coefficient (Wildman–Crippen LogP) is 3.31. The smallest absolute Gasteiger partial charge is 0.274 e. The Hall–Kier alpha value is -1.37. The van der Waals surface area contributed by atoms with E-state index in [-0.39, 0.29) is 18.3 Å². The number of nitrogens with zero attached hydrogens (tertiary/aromatic N) is 3. The molecular weight excluding hydrogens is 404 g/mol. The summed E-state index contributed by atoms with van der Waals surface area (Å²) >= 11 is 3.43. The number of rotatable bonds is 5. The minimum Gasteiger partial charge on any atom is -0.340 e. The largest absolute Gasteiger partial charge is 0.340 e. The molecule has 1 unspecified atom stereocenters. The van der Waals surface area contributed by atoms with Crippen LogP contribution in [0.25, 0.3) is 0 Å². The van der Waals surface area contributed by atoms with Crippen molar-refractivity contribution in [1.29, 1.82) is 0 Å². The molecule has 25 heavy (non-hydrogen) atoms. The Morgan fingerprint density at radius 2 is 2.12 bits per heavy atom. The number of piperidine rings is 1. The zero-order valence-electron chi connectivity index (χ0n) is 14.3. The van der Waals surface area contributed by atoms with Gasteiger partial charge in [-0.15, -0.1) is 12.4 Å². The topological polar surface area (TPSA) is 50.2 Å². The number of amides is 1. The van der Waals surface area contributed by atoms with E-state index in [1.54, 1.807) is 4.90 Å². The fraction of sp³-hybridized carbons (Fsp3) is 0.444. The predicted molar refractivity (Wildman–Crippen MR) is 105 cm³/mol. The molecule has 0 bridgehead atoms. The van der Waals surface area contributed by atoms with E-state index in [4.69, 9.17) is 0 Å². The van der Waals surface area contributed by atoms with E-state index in [0.29, 0.717) is 18.3 Å². The fourth-order valence-electron chi connectivity index (χ4n) is 2.96. The second-order valence-electron chi connectivity index (χ2n) is 6.28. The molecule has 0 saturated carbocycles. The van der Waals surface area contributed by atoms with Gasteiger partial charge < -0.3 is 10.2 Å². The molecule has 1 aromatic heterocycles. The first-order valence-corrected chi connectivity index (χ1v) is 9.18. The number of aromatic nitrogens is 2. The van der Waals surface area contributed by atoms with Crippen LogP contribution in [0.3, 0.4) is 0 Å². The van der Waals surface area contributed by atoms with Gasteiger partial charge in [0, 0.05) is 30.8 Å². The molecule has 2 aromatic rings. The highest BCUT2D eigenvalue weighted by atomic mass is 79.9. The van der Waals surface area contributed by atoms with Crippen molar-refractivity contribution in [3.8, 4) is 0 Å². The van der Waals surface area contributed by atoms with Gasteiger partial charge in [-0.1, -0.05) is 28.1 Å². The van der Waals surface area contributed by atoms with Crippen molar-refractivity contribution in [2.45, 2.75) is 25.3 Å². The summed E-state index contributed by atoms with van der Waals surface area (Å²) in [6, 6.07) is 10.4. The van der Waals surface area contributed by atoms with Crippen LogP contribution in [-0.2, 0) is 6.42 Å². The van der Waals surface area contributed by atoms with Crippen molar-refractivity contribution in [1.82, 2.24) is 20.0 Å². The Kier molecular flexibility index (Phi) is 7.47. The van der Waals surface area contributed by atoms with Crippen LogP contribution < -0.4 is 5.32 Å². The van der Waals surface area contributed by atoms with Crippen molar-refractivity contribution < 1.29 is 4.79 Å². The number of nitrogens with one attached hydrogen (secondary N) is 1. The van der Waals surface area contributed by atoms with Crippen molar-refractivity contribution in [3.63, 3.8) is 0 Å². The normalized spacial score (nSPS) is 17.0. The van der Waals surface area contributed by atoms with Crippen LogP contribution in [0.1, 0.15) is 34.9 Å². The van der Waals surface area contributed by atoms with Gasteiger partial charge in [-0.25, -0.2) is 0 Å². The van der Waals surface area contributed by atoms with Gasteiger partial charge in [0.2, 0.25) is 0 Å². The van der Waals surface area contributed by atoms with Crippen molar-refractivity contribution in [2.24, 2.45) is 0 Å². The van der Waals surface area contributed by atoms with Crippen molar-refractivity contribution >= 4 is 34.2 Å². The summed E-state index contributed by atoms with van der Waals surface area (Å²) in [5, 5.41) is 7.88. The number of hydrogen-bond donors (Lipinski definition) is 1. The summed E-state index contributed by atoms with van der Waals surface area (Å²) in [5.41, 5.74) is 1.75. The third-order valence-electron chi connectivity index (χ3n) is 4.47. The van der Waals surface area contributed by atoms with Gasteiger partial charge in [-0.2, -0.15) is 5.10 Å². The van der Waals surface area contributed by atoms with Crippen LogP contribution in [-0.4, -0.2) is 47.3 Å². The molecule has 2 heterocycles. The molecule has 1 fully saturated rings. The molecule has 0 aliphatic carbocycles. The Bertz CT molecular complexity index is 683. The number of carbonyl (C=O) groups excluding carboxylic acids is 1. The van der Waals surface area contributed by atoms with Crippen molar-refractivity contribution in [2.75, 3.05) is 26.7 Å². The van der Waals surface area contributed by atoms with Crippen LogP contribution in [0.15, 0.2) is 41.0 Å². The third kappa shape index (κ3) is 5.30. The average molecular weight is 428 g/mol. The Balaban J connectivity index is 0.00000225. The molecule has 5 nitrogen and oxygen atoms in total. The molecule has 7 heteroatoms. The first-order chi connectivity index (χ1) is 11.6. The zero-order valence-corrected chi connectivity index (χ0v) is 16.7. The molecule has 0 spiro atoms. The minimum absolute atomic E-state index is 0. The molecule has 1 saturated heterocycles. The average Bonchev–Trinajstić information content (AvgIpc) is 3.11.